The summed E-state index contributed by atoms with van der Waals surface area (Å²) in [7, 11) is 0. The molecule has 21 heavy (non-hydrogen) atoms. The lowest BCUT2D eigenvalue weighted by Gasteiger charge is -2.17. The van der Waals surface area contributed by atoms with Crippen molar-refractivity contribution in [1.29, 1.82) is 5.26 Å². The van der Waals surface area contributed by atoms with Crippen molar-refractivity contribution in [3.05, 3.63) is 64.4 Å². The number of ether oxygens (including phenoxy) is 1. The normalized spacial score (nSPS) is 11.5. The zero-order chi connectivity index (χ0) is 15.4. The van der Waals surface area contributed by atoms with E-state index in [0.717, 1.165) is 0 Å². The van der Waals surface area contributed by atoms with E-state index >= 15 is 0 Å². The number of hydrogen-bond donors (Lipinski definition) is 1. The van der Waals surface area contributed by atoms with Crippen LogP contribution in [0.3, 0.4) is 0 Å². The molecule has 0 heterocycles. The number of nitrogens with two attached hydrogens (primary N) is 1. The van der Waals surface area contributed by atoms with Crippen LogP contribution in [0.5, 0.6) is 5.75 Å². The van der Waals surface area contributed by atoms with Crippen LogP contribution in [0.4, 0.5) is 4.39 Å². The summed E-state index contributed by atoms with van der Waals surface area (Å²) in [5.74, 6) is -0.954. The van der Waals surface area contributed by atoms with E-state index in [4.69, 9.17) is 27.3 Å². The third kappa shape index (κ3) is 3.50. The van der Waals surface area contributed by atoms with E-state index in [1.807, 2.05) is 6.07 Å². The summed E-state index contributed by atoms with van der Waals surface area (Å²) in [6, 6.07) is 11.5. The highest BCUT2D eigenvalue weighted by Crippen LogP contribution is 2.30. The molecule has 2 aromatic carbocycles. The maximum Gasteiger partial charge on any atom is 0.263 e. The van der Waals surface area contributed by atoms with Gasteiger partial charge in [0, 0.05) is 5.56 Å². The molecule has 0 aliphatic rings. The Morgan fingerprint density at radius 3 is 2.48 bits per heavy atom. The summed E-state index contributed by atoms with van der Waals surface area (Å²) in [6.07, 6.45) is -1.10. The molecule has 0 spiro atoms. The Bertz CT molecular complexity index is 711. The first-order valence-electron chi connectivity index (χ1n) is 5.92. The molecule has 106 valence electrons. The Labute approximate surface area is 125 Å². The Hall–Kier alpha value is -2.58. The van der Waals surface area contributed by atoms with Gasteiger partial charge in [0.15, 0.2) is 0 Å². The maximum atomic E-state index is 12.9. The van der Waals surface area contributed by atoms with Gasteiger partial charge in [-0.1, -0.05) is 23.7 Å². The molecule has 6 heteroatoms. The van der Waals surface area contributed by atoms with Crippen molar-refractivity contribution in [2.75, 3.05) is 0 Å². The SMILES string of the molecule is N#Cc1ccc(O[C@H](C(N)=O)c2ccc(F)cc2)c(Cl)c1. The maximum absolute atomic E-state index is 12.9. The summed E-state index contributed by atoms with van der Waals surface area (Å²) in [5, 5.41) is 8.95. The average molecular weight is 305 g/mol. The minimum Gasteiger partial charge on any atom is -0.474 e. The highest BCUT2D eigenvalue weighted by Gasteiger charge is 2.21. The van der Waals surface area contributed by atoms with Crippen LogP contribution >= 0.6 is 11.6 Å². The quantitative estimate of drug-likeness (QED) is 0.943. The molecule has 0 bridgehead atoms. The van der Waals surface area contributed by atoms with E-state index in [1.165, 1.54) is 42.5 Å². The first-order valence-corrected chi connectivity index (χ1v) is 6.30. The first kappa shape index (κ1) is 14.8. The van der Waals surface area contributed by atoms with Crippen LogP contribution < -0.4 is 10.5 Å². The van der Waals surface area contributed by atoms with Gasteiger partial charge in [-0.2, -0.15) is 5.26 Å². The lowest BCUT2D eigenvalue weighted by Crippen LogP contribution is -2.26. The molecule has 0 aliphatic heterocycles. The number of rotatable bonds is 4. The molecule has 0 unspecified atom stereocenters. The van der Waals surface area contributed by atoms with Gasteiger partial charge in [-0.15, -0.1) is 0 Å². The summed E-state index contributed by atoms with van der Waals surface area (Å²) in [4.78, 5) is 11.5. The fraction of sp³-hybridized carbons (Fsp3) is 0.0667. The van der Waals surface area contributed by atoms with E-state index in [1.54, 1.807) is 0 Å². The number of carbonyl (C=O) groups is 1. The predicted molar refractivity (Wildman–Crippen MR) is 75.1 cm³/mol. The minimum absolute atomic E-state index is 0.183. The molecule has 1 atom stereocenters. The Balaban J connectivity index is 2.31. The van der Waals surface area contributed by atoms with Crippen LogP contribution in [0.25, 0.3) is 0 Å². The molecule has 0 saturated heterocycles. The van der Waals surface area contributed by atoms with Crippen LogP contribution in [0.15, 0.2) is 42.5 Å². The summed E-state index contributed by atoms with van der Waals surface area (Å²) in [5.41, 5.74) is 6.08. The van der Waals surface area contributed by atoms with Gasteiger partial charge in [-0.3, -0.25) is 4.79 Å². The number of nitrogens with zero attached hydrogens (tertiary/aromatic N) is 1. The molecule has 1 amide bonds. The second kappa shape index (κ2) is 6.25. The molecule has 0 aliphatic carbocycles. The second-order valence-corrected chi connectivity index (χ2v) is 4.62. The molecule has 0 fully saturated rings. The molecule has 0 radical (unpaired) electrons. The lowest BCUT2D eigenvalue weighted by atomic mass is 10.1. The van der Waals surface area contributed by atoms with Crippen molar-refractivity contribution in [3.63, 3.8) is 0 Å². The fourth-order valence-electron chi connectivity index (χ4n) is 1.72. The molecule has 2 rings (SSSR count). The van der Waals surface area contributed by atoms with Crippen LogP contribution in [-0.2, 0) is 4.79 Å². The van der Waals surface area contributed by atoms with Crippen molar-refractivity contribution in [2.24, 2.45) is 5.73 Å². The smallest absolute Gasteiger partial charge is 0.263 e. The second-order valence-electron chi connectivity index (χ2n) is 4.21. The van der Waals surface area contributed by atoms with Crippen LogP contribution in [-0.4, -0.2) is 5.91 Å². The molecule has 2 aromatic rings. The molecule has 2 N–H and O–H groups in total. The topological polar surface area (TPSA) is 76.1 Å². The van der Waals surface area contributed by atoms with E-state index in [2.05, 4.69) is 0 Å². The van der Waals surface area contributed by atoms with Gasteiger partial charge in [0.05, 0.1) is 16.7 Å². The Kier molecular flexibility index (Phi) is 4.41. The molecule has 0 aromatic heterocycles. The summed E-state index contributed by atoms with van der Waals surface area (Å²) < 4.78 is 18.4. The summed E-state index contributed by atoms with van der Waals surface area (Å²) >= 11 is 5.98. The number of hydrogen-bond acceptors (Lipinski definition) is 3. The standard InChI is InChI=1S/C15H10ClFN2O2/c16-12-7-9(8-18)1-6-13(12)21-14(15(19)20)10-2-4-11(17)5-3-10/h1-7,14H,(H2,19,20)/t14-/m0/s1. The van der Waals surface area contributed by atoms with Gasteiger partial charge in [-0.05, 0) is 30.3 Å². The van der Waals surface area contributed by atoms with Crippen molar-refractivity contribution in [3.8, 4) is 11.8 Å². The van der Waals surface area contributed by atoms with Crippen LogP contribution in [0, 0.1) is 17.1 Å². The van der Waals surface area contributed by atoms with Gasteiger partial charge in [0.2, 0.25) is 6.10 Å². The predicted octanol–water partition coefficient (Wildman–Crippen LogP) is 2.96. The minimum atomic E-state index is -1.10. The zero-order valence-corrected chi connectivity index (χ0v) is 11.5. The molecule has 4 nitrogen and oxygen atoms in total. The number of benzene rings is 2. The number of nitriles is 1. The highest BCUT2D eigenvalue weighted by molar-refractivity contribution is 6.32. The number of primary amides is 1. The number of halogens is 2. The van der Waals surface area contributed by atoms with E-state index < -0.39 is 17.8 Å². The van der Waals surface area contributed by atoms with E-state index in [9.17, 15) is 9.18 Å². The Morgan fingerprint density at radius 1 is 1.29 bits per heavy atom. The van der Waals surface area contributed by atoms with E-state index in [-0.39, 0.29) is 10.8 Å². The Morgan fingerprint density at radius 2 is 1.95 bits per heavy atom. The van der Waals surface area contributed by atoms with Gasteiger partial charge in [-0.25, -0.2) is 4.39 Å². The van der Waals surface area contributed by atoms with E-state index in [0.29, 0.717) is 11.1 Å². The molecule has 0 saturated carbocycles. The van der Waals surface area contributed by atoms with Crippen LogP contribution in [0.1, 0.15) is 17.2 Å². The third-order valence-corrected chi connectivity index (χ3v) is 3.03. The third-order valence-electron chi connectivity index (χ3n) is 2.74. The van der Waals surface area contributed by atoms with Gasteiger partial charge in [0.1, 0.15) is 11.6 Å². The number of amides is 1. The monoisotopic (exact) mass is 304 g/mol. The van der Waals surface area contributed by atoms with Crippen molar-refractivity contribution < 1.29 is 13.9 Å². The van der Waals surface area contributed by atoms with Crippen molar-refractivity contribution in [2.45, 2.75) is 6.10 Å². The van der Waals surface area contributed by atoms with Crippen molar-refractivity contribution >= 4 is 17.5 Å². The summed E-state index contributed by atoms with van der Waals surface area (Å²) in [6.45, 7) is 0. The molecular formula is C15H10ClFN2O2. The average Bonchev–Trinajstić information content (AvgIpc) is 2.46. The fourth-order valence-corrected chi connectivity index (χ4v) is 1.95. The van der Waals surface area contributed by atoms with Crippen LogP contribution in [0.2, 0.25) is 5.02 Å². The van der Waals surface area contributed by atoms with Gasteiger partial charge in [0.25, 0.3) is 5.91 Å². The lowest BCUT2D eigenvalue weighted by molar-refractivity contribution is -0.125. The first-order chi connectivity index (χ1) is 10.0. The van der Waals surface area contributed by atoms with Gasteiger partial charge >= 0.3 is 0 Å². The molecular weight excluding hydrogens is 295 g/mol. The van der Waals surface area contributed by atoms with Gasteiger partial charge < -0.3 is 10.5 Å². The number of carbonyl (C=O) groups excluding carboxylic acids is 1. The highest BCUT2D eigenvalue weighted by atomic mass is 35.5. The van der Waals surface area contributed by atoms with Crippen molar-refractivity contribution in [1.82, 2.24) is 0 Å². The zero-order valence-electron chi connectivity index (χ0n) is 10.7. The largest absolute Gasteiger partial charge is 0.474 e.